The molecule has 94 valence electrons. The Labute approximate surface area is 110 Å². The van der Waals surface area contributed by atoms with Crippen molar-refractivity contribution < 1.29 is 4.79 Å². The van der Waals surface area contributed by atoms with Gasteiger partial charge in [0.25, 0.3) is 5.91 Å². The number of nitrogens with zero attached hydrogens (tertiary/aromatic N) is 2. The molecule has 6 heteroatoms. The average molecular weight is 265 g/mol. The molecule has 2 N–H and O–H groups in total. The van der Waals surface area contributed by atoms with E-state index in [4.69, 9.17) is 11.6 Å². The van der Waals surface area contributed by atoms with Crippen LogP contribution in [0, 0.1) is 0 Å². The minimum absolute atomic E-state index is 0.148. The van der Waals surface area contributed by atoms with Crippen molar-refractivity contribution >= 4 is 17.5 Å². The molecule has 1 amide bonds. The number of rotatable bonds is 4. The van der Waals surface area contributed by atoms with Gasteiger partial charge < -0.3 is 10.3 Å². The summed E-state index contributed by atoms with van der Waals surface area (Å²) in [5.74, 6) is 0.495. The van der Waals surface area contributed by atoms with Gasteiger partial charge in [-0.2, -0.15) is 0 Å². The molecule has 0 saturated heterocycles. The van der Waals surface area contributed by atoms with Gasteiger partial charge in [0.15, 0.2) is 0 Å². The van der Waals surface area contributed by atoms with E-state index in [9.17, 15) is 4.79 Å². The van der Waals surface area contributed by atoms with Crippen molar-refractivity contribution in [3.05, 3.63) is 47.3 Å². The van der Waals surface area contributed by atoms with Crippen LogP contribution in [0.25, 0.3) is 0 Å². The fourth-order valence-electron chi connectivity index (χ4n) is 1.57. The molecule has 1 unspecified atom stereocenters. The highest BCUT2D eigenvalue weighted by Gasteiger charge is 2.16. The molecule has 0 saturated carbocycles. The molecule has 0 fully saturated rings. The van der Waals surface area contributed by atoms with Crippen LogP contribution in [0.5, 0.6) is 0 Å². The number of halogens is 1. The first-order chi connectivity index (χ1) is 8.70. The van der Waals surface area contributed by atoms with Crippen LogP contribution in [0.4, 0.5) is 0 Å². The second-order valence-corrected chi connectivity index (χ2v) is 4.21. The van der Waals surface area contributed by atoms with Gasteiger partial charge in [-0.25, -0.2) is 9.97 Å². The van der Waals surface area contributed by atoms with E-state index in [-0.39, 0.29) is 11.9 Å². The number of H-pyrrole nitrogens is 1. The SMILES string of the molecule is CCC(NC(=O)c1ccc(Cl)cn1)c1ncc[nH]1. The monoisotopic (exact) mass is 264 g/mol. The second kappa shape index (κ2) is 5.64. The quantitative estimate of drug-likeness (QED) is 0.890. The van der Waals surface area contributed by atoms with Crippen LogP contribution in [0.3, 0.4) is 0 Å². The molecule has 0 radical (unpaired) electrons. The minimum Gasteiger partial charge on any atom is -0.347 e. The summed E-state index contributed by atoms with van der Waals surface area (Å²) in [6.45, 7) is 1.97. The number of hydrogen-bond acceptors (Lipinski definition) is 3. The molecule has 5 nitrogen and oxygen atoms in total. The van der Waals surface area contributed by atoms with E-state index >= 15 is 0 Å². The van der Waals surface area contributed by atoms with Crippen molar-refractivity contribution in [3.63, 3.8) is 0 Å². The zero-order valence-electron chi connectivity index (χ0n) is 9.85. The summed E-state index contributed by atoms with van der Waals surface area (Å²) in [4.78, 5) is 23.1. The van der Waals surface area contributed by atoms with Crippen LogP contribution in [0.15, 0.2) is 30.7 Å². The van der Waals surface area contributed by atoms with Crippen LogP contribution < -0.4 is 5.32 Å². The number of amides is 1. The highest BCUT2D eigenvalue weighted by atomic mass is 35.5. The Morgan fingerprint density at radius 3 is 2.89 bits per heavy atom. The molecule has 0 bridgehead atoms. The lowest BCUT2D eigenvalue weighted by Gasteiger charge is -2.14. The summed E-state index contributed by atoms with van der Waals surface area (Å²) in [7, 11) is 0. The Hall–Kier alpha value is -1.88. The van der Waals surface area contributed by atoms with Gasteiger partial charge in [-0.05, 0) is 18.6 Å². The number of nitrogens with one attached hydrogen (secondary N) is 2. The van der Waals surface area contributed by atoms with Crippen molar-refractivity contribution in [2.45, 2.75) is 19.4 Å². The van der Waals surface area contributed by atoms with Gasteiger partial charge in [-0.3, -0.25) is 4.79 Å². The van der Waals surface area contributed by atoms with Crippen LogP contribution >= 0.6 is 11.6 Å². The maximum Gasteiger partial charge on any atom is 0.270 e. The van der Waals surface area contributed by atoms with Gasteiger partial charge in [0, 0.05) is 18.6 Å². The molecule has 2 heterocycles. The van der Waals surface area contributed by atoms with Crippen molar-refractivity contribution in [1.82, 2.24) is 20.3 Å². The second-order valence-electron chi connectivity index (χ2n) is 3.77. The van der Waals surface area contributed by atoms with E-state index in [1.807, 2.05) is 6.92 Å². The largest absolute Gasteiger partial charge is 0.347 e. The summed E-state index contributed by atoms with van der Waals surface area (Å²) >= 11 is 5.72. The highest BCUT2D eigenvalue weighted by molar-refractivity contribution is 6.30. The van der Waals surface area contributed by atoms with Gasteiger partial charge in [-0.1, -0.05) is 18.5 Å². The molecule has 2 rings (SSSR count). The van der Waals surface area contributed by atoms with Crippen molar-refractivity contribution in [2.24, 2.45) is 0 Å². The topological polar surface area (TPSA) is 70.7 Å². The van der Waals surface area contributed by atoms with E-state index in [1.165, 1.54) is 6.20 Å². The molecule has 18 heavy (non-hydrogen) atoms. The molecule has 2 aromatic heterocycles. The summed E-state index contributed by atoms with van der Waals surface area (Å²) < 4.78 is 0. The summed E-state index contributed by atoms with van der Waals surface area (Å²) in [6.07, 6.45) is 5.58. The first-order valence-electron chi connectivity index (χ1n) is 5.62. The fourth-order valence-corrected chi connectivity index (χ4v) is 1.69. The zero-order chi connectivity index (χ0) is 13.0. The number of hydrogen-bond donors (Lipinski definition) is 2. The Morgan fingerprint density at radius 2 is 2.33 bits per heavy atom. The van der Waals surface area contributed by atoms with Gasteiger partial charge in [0.2, 0.25) is 0 Å². The third-order valence-corrected chi connectivity index (χ3v) is 2.75. The smallest absolute Gasteiger partial charge is 0.270 e. The molecular formula is C12H13ClN4O. The molecule has 1 atom stereocenters. The maximum atomic E-state index is 12.0. The number of imidazole rings is 1. The molecule has 0 aromatic carbocycles. The Balaban J connectivity index is 2.08. The fraction of sp³-hybridized carbons (Fsp3) is 0.250. The van der Waals surface area contributed by atoms with Crippen molar-refractivity contribution in [1.29, 1.82) is 0 Å². The number of carbonyl (C=O) groups is 1. The molecule has 0 aliphatic heterocycles. The first-order valence-corrected chi connectivity index (χ1v) is 6.00. The molecule has 0 aliphatic rings. The molecule has 0 spiro atoms. The first kappa shape index (κ1) is 12.6. The Bertz CT molecular complexity index is 509. The normalized spacial score (nSPS) is 12.1. The predicted molar refractivity (Wildman–Crippen MR) is 68.3 cm³/mol. The molecule has 2 aromatic rings. The summed E-state index contributed by atoms with van der Waals surface area (Å²) in [6, 6.07) is 3.08. The van der Waals surface area contributed by atoms with E-state index in [0.717, 1.165) is 12.2 Å². The summed E-state index contributed by atoms with van der Waals surface area (Å²) in [5.41, 5.74) is 0.337. The van der Waals surface area contributed by atoms with Gasteiger partial charge in [-0.15, -0.1) is 0 Å². The van der Waals surface area contributed by atoms with Crippen LogP contribution in [0.2, 0.25) is 5.02 Å². The number of carbonyl (C=O) groups excluding carboxylic acids is 1. The number of pyridine rings is 1. The third-order valence-electron chi connectivity index (χ3n) is 2.52. The minimum atomic E-state index is -0.241. The van der Waals surface area contributed by atoms with Crippen molar-refractivity contribution in [3.8, 4) is 0 Å². The highest BCUT2D eigenvalue weighted by Crippen LogP contribution is 2.13. The van der Waals surface area contributed by atoms with Gasteiger partial charge in [0.05, 0.1) is 11.1 Å². The van der Waals surface area contributed by atoms with Crippen LogP contribution in [0.1, 0.15) is 35.7 Å². The molecule has 0 aliphatic carbocycles. The predicted octanol–water partition coefficient (Wildman–Crippen LogP) is 2.34. The molecular weight excluding hydrogens is 252 g/mol. The number of aromatic amines is 1. The van der Waals surface area contributed by atoms with Gasteiger partial charge >= 0.3 is 0 Å². The standard InChI is InChI=1S/C12H13ClN4O/c1-2-9(11-14-5-6-15-11)17-12(18)10-4-3-8(13)7-16-10/h3-7,9H,2H2,1H3,(H,14,15)(H,17,18). The lowest BCUT2D eigenvalue weighted by Crippen LogP contribution is -2.29. The number of aromatic nitrogens is 3. The van der Waals surface area contributed by atoms with E-state index in [2.05, 4.69) is 20.3 Å². The van der Waals surface area contributed by atoms with Crippen LogP contribution in [-0.4, -0.2) is 20.9 Å². The average Bonchev–Trinajstić information content (AvgIpc) is 2.90. The van der Waals surface area contributed by atoms with E-state index in [0.29, 0.717) is 10.7 Å². The Morgan fingerprint density at radius 1 is 1.50 bits per heavy atom. The third kappa shape index (κ3) is 2.87. The summed E-state index contributed by atoms with van der Waals surface area (Å²) in [5, 5.41) is 3.37. The van der Waals surface area contributed by atoms with Crippen molar-refractivity contribution in [2.75, 3.05) is 0 Å². The Kier molecular flexibility index (Phi) is 3.94. The van der Waals surface area contributed by atoms with E-state index < -0.39 is 0 Å². The maximum absolute atomic E-state index is 12.0. The van der Waals surface area contributed by atoms with Crippen LogP contribution in [-0.2, 0) is 0 Å². The van der Waals surface area contributed by atoms with Gasteiger partial charge in [0.1, 0.15) is 11.5 Å². The van der Waals surface area contributed by atoms with E-state index in [1.54, 1.807) is 24.5 Å². The zero-order valence-corrected chi connectivity index (χ0v) is 10.6. The lowest BCUT2D eigenvalue weighted by atomic mass is 10.2. The lowest BCUT2D eigenvalue weighted by molar-refractivity contribution is 0.0929.